The van der Waals surface area contributed by atoms with E-state index in [0.717, 1.165) is 38.0 Å². The highest BCUT2D eigenvalue weighted by atomic mass is 16.1. The van der Waals surface area contributed by atoms with Gasteiger partial charge in [-0.05, 0) is 55.4 Å². The third-order valence-electron chi connectivity index (χ3n) is 4.45. The minimum absolute atomic E-state index is 0.0607. The van der Waals surface area contributed by atoms with Gasteiger partial charge in [-0.1, -0.05) is 27.7 Å². The fourth-order valence-corrected chi connectivity index (χ4v) is 3.36. The van der Waals surface area contributed by atoms with E-state index >= 15 is 0 Å². The Bertz CT molecular complexity index is 526. The van der Waals surface area contributed by atoms with E-state index < -0.39 is 0 Å². The molecule has 0 bridgehead atoms. The molecule has 3 nitrogen and oxygen atoms in total. The van der Waals surface area contributed by atoms with E-state index in [0.29, 0.717) is 11.8 Å². The van der Waals surface area contributed by atoms with E-state index in [9.17, 15) is 4.79 Å². The Labute approximate surface area is 141 Å². The lowest BCUT2D eigenvalue weighted by Crippen LogP contribution is -2.43. The number of nitrogens with one attached hydrogen (secondary N) is 1. The molecule has 1 aliphatic rings. The Morgan fingerprint density at radius 1 is 1.13 bits per heavy atom. The molecule has 0 aliphatic carbocycles. The van der Waals surface area contributed by atoms with Gasteiger partial charge in [-0.15, -0.1) is 0 Å². The Hall–Kier alpha value is -1.35. The van der Waals surface area contributed by atoms with Crippen molar-refractivity contribution >= 4 is 11.5 Å². The quantitative estimate of drug-likeness (QED) is 0.764. The minimum Gasteiger partial charge on any atom is -0.385 e. The second kappa shape index (κ2) is 7.96. The molecule has 2 rings (SSSR count). The molecule has 0 saturated heterocycles. The Kier molecular flexibility index (Phi) is 6.23. The van der Waals surface area contributed by atoms with Crippen LogP contribution in [0.3, 0.4) is 0 Å². The third-order valence-corrected chi connectivity index (χ3v) is 4.45. The number of Topliss-reactive ketones (excluding diaryl/α,β-unsaturated/α-hetero) is 1. The van der Waals surface area contributed by atoms with Crippen LogP contribution < -0.4 is 5.32 Å². The molecule has 1 N–H and O–H groups in total. The van der Waals surface area contributed by atoms with Crippen molar-refractivity contribution in [3.63, 3.8) is 0 Å². The van der Waals surface area contributed by atoms with E-state index in [1.807, 2.05) is 6.07 Å². The van der Waals surface area contributed by atoms with E-state index in [-0.39, 0.29) is 11.8 Å². The summed E-state index contributed by atoms with van der Waals surface area (Å²) in [6.07, 6.45) is 2.21. The van der Waals surface area contributed by atoms with E-state index in [4.69, 9.17) is 0 Å². The average molecular weight is 316 g/mol. The molecule has 128 valence electrons. The van der Waals surface area contributed by atoms with Crippen LogP contribution in [0.25, 0.3) is 0 Å². The molecule has 1 atom stereocenters. The van der Waals surface area contributed by atoms with Crippen molar-refractivity contribution in [2.24, 2.45) is 11.8 Å². The molecule has 1 aromatic rings. The zero-order chi connectivity index (χ0) is 17.0. The smallest absolute Gasteiger partial charge is 0.179 e. The number of aryl methyl sites for hydroxylation is 1. The molecule has 23 heavy (non-hydrogen) atoms. The molecule has 0 saturated carbocycles. The second-order valence-corrected chi connectivity index (χ2v) is 7.68. The summed E-state index contributed by atoms with van der Waals surface area (Å²) in [6.45, 7) is 13.9. The summed E-state index contributed by atoms with van der Waals surface area (Å²) in [4.78, 5) is 15.3. The van der Waals surface area contributed by atoms with Crippen LogP contribution in [0, 0.1) is 11.8 Å². The third kappa shape index (κ3) is 4.81. The summed E-state index contributed by atoms with van der Waals surface area (Å²) in [6, 6.07) is 6.10. The number of fused-ring (bicyclic) bond motifs is 1. The highest BCUT2D eigenvalue weighted by molar-refractivity contribution is 6.00. The first-order valence-corrected chi connectivity index (χ1v) is 9.03. The van der Waals surface area contributed by atoms with Gasteiger partial charge >= 0.3 is 0 Å². The number of ketones is 1. The predicted octanol–water partition coefficient (Wildman–Crippen LogP) is 4.23. The fourth-order valence-electron chi connectivity index (χ4n) is 3.36. The van der Waals surface area contributed by atoms with E-state index in [1.165, 1.54) is 11.3 Å². The lowest BCUT2D eigenvalue weighted by Gasteiger charge is -2.31. The SMILES string of the molecule is CC(C)CN(CC(C)C)C(C)C(=O)c1ccc2c(c1)CCCN2. The normalized spacial score (nSPS) is 15.7. The van der Waals surface area contributed by atoms with Crippen molar-refractivity contribution in [3.05, 3.63) is 29.3 Å². The number of hydrogen-bond donors (Lipinski definition) is 1. The van der Waals surface area contributed by atoms with Crippen molar-refractivity contribution in [3.8, 4) is 0 Å². The first-order chi connectivity index (χ1) is 10.9. The Balaban J connectivity index is 2.16. The maximum absolute atomic E-state index is 13.0. The molecule has 1 heterocycles. The van der Waals surface area contributed by atoms with Gasteiger partial charge in [0, 0.05) is 30.9 Å². The zero-order valence-electron chi connectivity index (χ0n) is 15.4. The van der Waals surface area contributed by atoms with E-state index in [1.54, 1.807) is 0 Å². The predicted molar refractivity (Wildman–Crippen MR) is 98.3 cm³/mol. The number of benzene rings is 1. The highest BCUT2D eigenvalue weighted by Gasteiger charge is 2.24. The van der Waals surface area contributed by atoms with Crippen LogP contribution in [-0.2, 0) is 6.42 Å². The molecular formula is C20H32N2O. The molecule has 0 spiro atoms. The molecule has 0 fully saturated rings. The number of hydrogen-bond acceptors (Lipinski definition) is 3. The van der Waals surface area contributed by atoms with Gasteiger partial charge in [0.1, 0.15) is 0 Å². The molecular weight excluding hydrogens is 284 g/mol. The first kappa shape index (κ1) is 18.0. The lowest BCUT2D eigenvalue weighted by molar-refractivity contribution is 0.0801. The van der Waals surface area contributed by atoms with Gasteiger partial charge in [0.2, 0.25) is 0 Å². The van der Waals surface area contributed by atoms with Gasteiger partial charge in [0.15, 0.2) is 5.78 Å². The summed E-state index contributed by atoms with van der Waals surface area (Å²) < 4.78 is 0. The van der Waals surface area contributed by atoms with Gasteiger partial charge in [0.25, 0.3) is 0 Å². The first-order valence-electron chi connectivity index (χ1n) is 9.03. The maximum Gasteiger partial charge on any atom is 0.179 e. The van der Waals surface area contributed by atoms with Crippen LogP contribution in [0.2, 0.25) is 0 Å². The van der Waals surface area contributed by atoms with E-state index in [2.05, 4.69) is 57.0 Å². The van der Waals surface area contributed by atoms with Crippen LogP contribution in [-0.4, -0.2) is 36.4 Å². The summed E-state index contributed by atoms with van der Waals surface area (Å²) in [5.74, 6) is 1.38. The Morgan fingerprint density at radius 2 is 1.78 bits per heavy atom. The molecule has 0 radical (unpaired) electrons. The van der Waals surface area contributed by atoms with Crippen molar-refractivity contribution in [1.82, 2.24) is 4.90 Å². The topological polar surface area (TPSA) is 32.3 Å². The average Bonchev–Trinajstić information content (AvgIpc) is 2.51. The monoisotopic (exact) mass is 316 g/mol. The highest BCUT2D eigenvalue weighted by Crippen LogP contribution is 2.24. The fraction of sp³-hybridized carbons (Fsp3) is 0.650. The molecule has 3 heteroatoms. The van der Waals surface area contributed by atoms with Crippen molar-refractivity contribution < 1.29 is 4.79 Å². The lowest BCUT2D eigenvalue weighted by atomic mass is 9.96. The molecule has 1 aliphatic heterocycles. The zero-order valence-corrected chi connectivity index (χ0v) is 15.4. The molecule has 1 aromatic carbocycles. The summed E-state index contributed by atoms with van der Waals surface area (Å²) >= 11 is 0. The van der Waals surface area contributed by atoms with Gasteiger partial charge < -0.3 is 5.32 Å². The number of nitrogens with zero attached hydrogens (tertiary/aromatic N) is 1. The minimum atomic E-state index is -0.0607. The van der Waals surface area contributed by atoms with Crippen molar-refractivity contribution in [2.75, 3.05) is 25.0 Å². The summed E-state index contributed by atoms with van der Waals surface area (Å²) in [7, 11) is 0. The van der Waals surface area contributed by atoms with Crippen LogP contribution in [0.1, 0.15) is 57.0 Å². The van der Waals surface area contributed by atoms with Gasteiger partial charge in [0.05, 0.1) is 6.04 Å². The molecule has 0 aromatic heterocycles. The van der Waals surface area contributed by atoms with Gasteiger partial charge in [-0.25, -0.2) is 0 Å². The number of anilines is 1. The second-order valence-electron chi connectivity index (χ2n) is 7.68. The maximum atomic E-state index is 13.0. The molecule has 1 unspecified atom stereocenters. The van der Waals surface area contributed by atoms with Gasteiger partial charge in [-0.3, -0.25) is 9.69 Å². The van der Waals surface area contributed by atoms with Crippen molar-refractivity contribution in [1.29, 1.82) is 0 Å². The van der Waals surface area contributed by atoms with Gasteiger partial charge in [-0.2, -0.15) is 0 Å². The summed E-state index contributed by atoms with van der Waals surface area (Å²) in [5, 5.41) is 3.41. The standard InChI is InChI=1S/C20H32N2O/c1-14(2)12-22(13-15(3)4)16(5)20(23)18-8-9-19-17(11-18)7-6-10-21-19/h8-9,11,14-16,21H,6-7,10,12-13H2,1-5H3. The number of rotatable bonds is 7. The van der Waals surface area contributed by atoms with Crippen LogP contribution >= 0.6 is 0 Å². The number of carbonyl (C=O) groups excluding carboxylic acids is 1. The van der Waals surface area contributed by atoms with Crippen molar-refractivity contribution in [2.45, 2.75) is 53.5 Å². The van der Waals surface area contributed by atoms with Crippen LogP contribution in [0.4, 0.5) is 5.69 Å². The number of carbonyl (C=O) groups is 1. The van der Waals surface area contributed by atoms with Crippen LogP contribution in [0.5, 0.6) is 0 Å². The summed E-state index contributed by atoms with van der Waals surface area (Å²) in [5.41, 5.74) is 3.34. The Morgan fingerprint density at radius 3 is 2.39 bits per heavy atom. The largest absolute Gasteiger partial charge is 0.385 e. The van der Waals surface area contributed by atoms with Crippen LogP contribution in [0.15, 0.2) is 18.2 Å². The molecule has 0 amide bonds.